The lowest BCUT2D eigenvalue weighted by Gasteiger charge is -2.35. The number of hydrogen-bond donors (Lipinski definition) is 1. The number of rotatable bonds is 9. The van der Waals surface area contributed by atoms with Crippen molar-refractivity contribution < 1.29 is 19.0 Å². The first kappa shape index (κ1) is 19.4. The van der Waals surface area contributed by atoms with Gasteiger partial charge in [0.1, 0.15) is 11.6 Å². The Morgan fingerprint density at radius 1 is 1.29 bits per heavy atom. The van der Waals surface area contributed by atoms with E-state index in [1.807, 2.05) is 19.1 Å². The van der Waals surface area contributed by atoms with Crippen molar-refractivity contribution in [2.24, 2.45) is 5.92 Å². The molecule has 2 aliphatic rings. The van der Waals surface area contributed by atoms with Crippen LogP contribution in [0.4, 0.5) is 0 Å². The fourth-order valence-corrected chi connectivity index (χ4v) is 4.21. The van der Waals surface area contributed by atoms with E-state index in [0.717, 1.165) is 36.0 Å². The molecule has 2 saturated carbocycles. The molecule has 0 aromatic carbocycles. The number of ether oxygens (including phenoxy) is 3. The summed E-state index contributed by atoms with van der Waals surface area (Å²) >= 11 is 1.48. The molecule has 4 rings (SSSR count). The number of nitrogens with one attached hydrogen (secondary N) is 1. The van der Waals surface area contributed by atoms with Crippen LogP contribution in [0.5, 0.6) is 11.1 Å². The minimum atomic E-state index is -0.0249. The normalized spacial score (nSPS) is 22.9. The van der Waals surface area contributed by atoms with E-state index in [-0.39, 0.29) is 18.1 Å². The molecule has 1 amide bonds. The zero-order valence-corrected chi connectivity index (χ0v) is 17.2. The second kappa shape index (κ2) is 8.61. The second-order valence-electron chi connectivity index (χ2n) is 7.83. The molecule has 0 radical (unpaired) electrons. The number of amides is 1. The summed E-state index contributed by atoms with van der Waals surface area (Å²) in [5.41, 5.74) is 0.858. The molecule has 7 nitrogen and oxygen atoms in total. The molecule has 2 aromatic heterocycles. The first-order valence-corrected chi connectivity index (χ1v) is 10.8. The highest BCUT2D eigenvalue weighted by atomic mass is 32.1. The highest BCUT2D eigenvalue weighted by Gasteiger charge is 2.31. The van der Waals surface area contributed by atoms with Gasteiger partial charge in [-0.25, -0.2) is 9.97 Å². The summed E-state index contributed by atoms with van der Waals surface area (Å²) in [7, 11) is 0. The molecule has 1 atom stereocenters. The van der Waals surface area contributed by atoms with E-state index in [0.29, 0.717) is 36.3 Å². The number of thiazole rings is 1. The minimum absolute atomic E-state index is 0.0249. The summed E-state index contributed by atoms with van der Waals surface area (Å²) in [5.74, 6) is 1.09. The van der Waals surface area contributed by atoms with Crippen LogP contribution in [0.3, 0.4) is 0 Å². The number of carbonyl (C=O) groups is 1. The summed E-state index contributed by atoms with van der Waals surface area (Å²) in [6, 6.07) is 3.86. The summed E-state index contributed by atoms with van der Waals surface area (Å²) in [4.78, 5) is 20.9. The van der Waals surface area contributed by atoms with Crippen molar-refractivity contribution in [2.45, 2.75) is 64.2 Å². The van der Waals surface area contributed by atoms with Crippen molar-refractivity contribution in [1.82, 2.24) is 15.3 Å². The van der Waals surface area contributed by atoms with E-state index in [4.69, 9.17) is 14.2 Å². The van der Waals surface area contributed by atoms with Crippen LogP contribution in [-0.4, -0.2) is 47.3 Å². The topological polar surface area (TPSA) is 82.6 Å². The Morgan fingerprint density at radius 3 is 2.82 bits per heavy atom. The highest BCUT2D eigenvalue weighted by molar-refractivity contribution is 7.19. The van der Waals surface area contributed by atoms with Gasteiger partial charge in [0.05, 0.1) is 19.3 Å². The van der Waals surface area contributed by atoms with Gasteiger partial charge in [-0.05, 0) is 51.0 Å². The van der Waals surface area contributed by atoms with Crippen LogP contribution in [0, 0.1) is 5.92 Å². The van der Waals surface area contributed by atoms with Gasteiger partial charge in [0, 0.05) is 19.0 Å². The first-order valence-electron chi connectivity index (χ1n) is 10.0. The number of nitrogens with zero attached hydrogens (tertiary/aromatic N) is 2. The van der Waals surface area contributed by atoms with E-state index in [9.17, 15) is 4.79 Å². The van der Waals surface area contributed by atoms with Crippen LogP contribution >= 0.6 is 11.3 Å². The zero-order valence-electron chi connectivity index (χ0n) is 16.3. The van der Waals surface area contributed by atoms with Gasteiger partial charge in [-0.1, -0.05) is 11.3 Å². The lowest BCUT2D eigenvalue weighted by Crippen LogP contribution is -2.40. The third kappa shape index (κ3) is 4.91. The summed E-state index contributed by atoms with van der Waals surface area (Å²) in [6.45, 7) is 4.66. The van der Waals surface area contributed by atoms with Crippen molar-refractivity contribution in [1.29, 1.82) is 0 Å². The van der Waals surface area contributed by atoms with Gasteiger partial charge in [-0.2, -0.15) is 0 Å². The first-order chi connectivity index (χ1) is 13.5. The SMILES string of the molecule is CC(=O)N[C@@H](C)CO[C@H]1C[C@H](COc2ccc3nc(OC4CCC4)sc3n2)C1. The molecule has 2 aromatic rings. The maximum absolute atomic E-state index is 11.0. The van der Waals surface area contributed by atoms with Gasteiger partial charge in [0.2, 0.25) is 11.8 Å². The Hall–Kier alpha value is -1.93. The van der Waals surface area contributed by atoms with Crippen LogP contribution in [0.2, 0.25) is 0 Å². The maximum atomic E-state index is 11.0. The third-order valence-electron chi connectivity index (χ3n) is 5.22. The van der Waals surface area contributed by atoms with E-state index in [1.165, 1.54) is 24.7 Å². The van der Waals surface area contributed by atoms with Crippen LogP contribution in [-0.2, 0) is 9.53 Å². The number of carbonyl (C=O) groups excluding carboxylic acids is 1. The summed E-state index contributed by atoms with van der Waals surface area (Å²) in [6.07, 6.45) is 6.03. The van der Waals surface area contributed by atoms with E-state index >= 15 is 0 Å². The van der Waals surface area contributed by atoms with Crippen LogP contribution in [0.25, 0.3) is 10.3 Å². The van der Waals surface area contributed by atoms with Gasteiger partial charge in [-0.3, -0.25) is 4.79 Å². The zero-order chi connectivity index (χ0) is 19.5. The molecule has 8 heteroatoms. The van der Waals surface area contributed by atoms with Crippen LogP contribution in [0.1, 0.15) is 46.0 Å². The monoisotopic (exact) mass is 405 g/mol. The highest BCUT2D eigenvalue weighted by Crippen LogP contribution is 2.33. The molecular weight excluding hydrogens is 378 g/mol. The number of aromatic nitrogens is 2. The standard InChI is InChI=1S/C20H27N3O4S/c1-12(21-13(2)24)10-25-16-8-14(9-16)11-26-18-7-6-17-19(23-18)28-20(22-17)27-15-4-3-5-15/h6-7,12,14-16H,3-5,8-11H2,1-2H3,(H,21,24)/t12-,14-,16-/m0/s1. The average Bonchev–Trinajstić information content (AvgIpc) is 2.97. The molecule has 2 aliphatic carbocycles. The average molecular weight is 406 g/mol. The molecule has 28 heavy (non-hydrogen) atoms. The molecule has 0 spiro atoms. The van der Waals surface area contributed by atoms with Gasteiger partial charge in [0.15, 0.2) is 4.83 Å². The summed E-state index contributed by atoms with van der Waals surface area (Å²) < 4.78 is 17.6. The fourth-order valence-electron chi connectivity index (χ4n) is 3.36. The minimum Gasteiger partial charge on any atom is -0.477 e. The molecule has 152 valence electrons. The van der Waals surface area contributed by atoms with Crippen molar-refractivity contribution in [3.05, 3.63) is 12.1 Å². The van der Waals surface area contributed by atoms with Crippen molar-refractivity contribution in [3.63, 3.8) is 0 Å². The lowest BCUT2D eigenvalue weighted by molar-refractivity contribution is -0.120. The Morgan fingerprint density at radius 2 is 2.11 bits per heavy atom. The number of hydrogen-bond acceptors (Lipinski definition) is 7. The molecule has 2 fully saturated rings. The molecular formula is C20H27N3O4S. The lowest BCUT2D eigenvalue weighted by atomic mass is 9.83. The summed E-state index contributed by atoms with van der Waals surface area (Å²) in [5, 5.41) is 3.53. The number of pyridine rings is 1. The Bertz CT molecular complexity index is 817. The van der Waals surface area contributed by atoms with E-state index in [1.54, 1.807) is 0 Å². The molecule has 0 unspecified atom stereocenters. The van der Waals surface area contributed by atoms with Gasteiger partial charge in [-0.15, -0.1) is 0 Å². The molecule has 0 bridgehead atoms. The molecule has 0 saturated heterocycles. The van der Waals surface area contributed by atoms with Crippen molar-refractivity contribution >= 4 is 27.6 Å². The Kier molecular flexibility index (Phi) is 5.96. The van der Waals surface area contributed by atoms with Gasteiger partial charge < -0.3 is 19.5 Å². The van der Waals surface area contributed by atoms with E-state index < -0.39 is 0 Å². The number of fused-ring (bicyclic) bond motifs is 1. The second-order valence-corrected chi connectivity index (χ2v) is 8.77. The van der Waals surface area contributed by atoms with Crippen LogP contribution in [0.15, 0.2) is 12.1 Å². The fraction of sp³-hybridized carbons (Fsp3) is 0.650. The Balaban J connectivity index is 1.19. The van der Waals surface area contributed by atoms with Gasteiger partial charge in [0.25, 0.3) is 5.19 Å². The predicted octanol–water partition coefficient (Wildman–Crippen LogP) is 3.32. The Labute approximate surface area is 168 Å². The maximum Gasteiger partial charge on any atom is 0.276 e. The molecule has 2 heterocycles. The molecule has 1 N–H and O–H groups in total. The smallest absolute Gasteiger partial charge is 0.276 e. The molecule has 0 aliphatic heterocycles. The van der Waals surface area contributed by atoms with Crippen LogP contribution < -0.4 is 14.8 Å². The van der Waals surface area contributed by atoms with Gasteiger partial charge >= 0.3 is 0 Å². The quantitative estimate of drug-likeness (QED) is 0.689. The predicted molar refractivity (Wildman–Crippen MR) is 107 cm³/mol. The third-order valence-corrected chi connectivity index (χ3v) is 6.08. The van der Waals surface area contributed by atoms with Crippen molar-refractivity contribution in [3.8, 4) is 11.1 Å². The van der Waals surface area contributed by atoms with Crippen molar-refractivity contribution in [2.75, 3.05) is 13.2 Å². The largest absolute Gasteiger partial charge is 0.477 e. The van der Waals surface area contributed by atoms with E-state index in [2.05, 4.69) is 15.3 Å².